The highest BCUT2D eigenvalue weighted by atomic mass is 32.1. The minimum atomic E-state index is -0.253. The SMILES string of the molecule is CCOc1cc(/C=N\NC(=O)c2ccc(C)cc2)ccc1OCc1cccs1. The predicted molar refractivity (Wildman–Crippen MR) is 113 cm³/mol. The fourth-order valence-electron chi connectivity index (χ4n) is 2.47. The Morgan fingerprint density at radius 1 is 1.11 bits per heavy atom. The lowest BCUT2D eigenvalue weighted by atomic mass is 10.1. The van der Waals surface area contributed by atoms with Crippen molar-refractivity contribution in [1.82, 2.24) is 5.43 Å². The monoisotopic (exact) mass is 394 g/mol. The van der Waals surface area contributed by atoms with E-state index in [4.69, 9.17) is 9.47 Å². The van der Waals surface area contributed by atoms with E-state index in [0.717, 1.165) is 16.0 Å². The summed E-state index contributed by atoms with van der Waals surface area (Å²) in [6.45, 7) is 4.92. The van der Waals surface area contributed by atoms with Crippen molar-refractivity contribution in [2.45, 2.75) is 20.5 Å². The Balaban J connectivity index is 1.64. The molecule has 0 aliphatic carbocycles. The Bertz CT molecular complexity index is 935. The number of hydrogen-bond donors (Lipinski definition) is 1. The van der Waals surface area contributed by atoms with Crippen LogP contribution in [0.4, 0.5) is 0 Å². The minimum absolute atomic E-state index is 0.253. The van der Waals surface area contributed by atoms with Gasteiger partial charge in [0.05, 0.1) is 12.8 Å². The van der Waals surface area contributed by atoms with Crippen LogP contribution in [-0.4, -0.2) is 18.7 Å². The first kappa shape index (κ1) is 19.6. The molecule has 0 saturated heterocycles. The van der Waals surface area contributed by atoms with E-state index in [9.17, 15) is 4.79 Å². The van der Waals surface area contributed by atoms with E-state index in [2.05, 4.69) is 10.5 Å². The molecule has 0 radical (unpaired) electrons. The summed E-state index contributed by atoms with van der Waals surface area (Å²) in [5, 5.41) is 6.06. The molecule has 1 amide bonds. The second-order valence-electron chi connectivity index (χ2n) is 6.07. The van der Waals surface area contributed by atoms with Gasteiger partial charge in [0.25, 0.3) is 5.91 Å². The number of nitrogens with zero attached hydrogens (tertiary/aromatic N) is 1. The molecule has 28 heavy (non-hydrogen) atoms. The molecule has 1 N–H and O–H groups in total. The van der Waals surface area contributed by atoms with E-state index in [0.29, 0.717) is 30.3 Å². The highest BCUT2D eigenvalue weighted by Gasteiger charge is 2.07. The van der Waals surface area contributed by atoms with Crippen molar-refractivity contribution in [3.05, 3.63) is 81.5 Å². The fourth-order valence-corrected chi connectivity index (χ4v) is 3.09. The Morgan fingerprint density at radius 2 is 1.93 bits per heavy atom. The topological polar surface area (TPSA) is 59.9 Å². The molecular weight excluding hydrogens is 372 g/mol. The van der Waals surface area contributed by atoms with Gasteiger partial charge in [0.15, 0.2) is 11.5 Å². The summed E-state index contributed by atoms with van der Waals surface area (Å²) in [6, 6.07) is 16.9. The van der Waals surface area contributed by atoms with Crippen LogP contribution in [0, 0.1) is 6.92 Å². The molecule has 144 valence electrons. The van der Waals surface area contributed by atoms with Crippen LogP contribution in [0.1, 0.15) is 33.3 Å². The molecule has 6 heteroatoms. The maximum absolute atomic E-state index is 12.1. The van der Waals surface area contributed by atoms with Crippen LogP contribution in [0.5, 0.6) is 11.5 Å². The van der Waals surface area contributed by atoms with Crippen LogP contribution in [-0.2, 0) is 6.61 Å². The van der Waals surface area contributed by atoms with E-state index >= 15 is 0 Å². The summed E-state index contributed by atoms with van der Waals surface area (Å²) in [5.41, 5.74) is 5.01. The van der Waals surface area contributed by atoms with Crippen molar-refractivity contribution in [1.29, 1.82) is 0 Å². The van der Waals surface area contributed by atoms with Gasteiger partial charge in [-0.1, -0.05) is 23.8 Å². The third-order valence-electron chi connectivity index (χ3n) is 3.91. The summed E-state index contributed by atoms with van der Waals surface area (Å²) in [5.74, 6) is 1.07. The van der Waals surface area contributed by atoms with Crippen molar-refractivity contribution in [2.24, 2.45) is 5.10 Å². The highest BCUT2D eigenvalue weighted by Crippen LogP contribution is 2.29. The zero-order valence-corrected chi connectivity index (χ0v) is 16.7. The van der Waals surface area contributed by atoms with E-state index in [1.807, 2.05) is 61.7 Å². The molecule has 2 aromatic carbocycles. The molecule has 0 fully saturated rings. The van der Waals surface area contributed by atoms with Gasteiger partial charge in [0.1, 0.15) is 6.61 Å². The quantitative estimate of drug-likeness (QED) is 0.441. The average Bonchev–Trinajstić information content (AvgIpc) is 3.22. The van der Waals surface area contributed by atoms with Gasteiger partial charge in [-0.15, -0.1) is 11.3 Å². The number of rotatable bonds is 8. The number of nitrogens with one attached hydrogen (secondary N) is 1. The highest BCUT2D eigenvalue weighted by molar-refractivity contribution is 7.09. The van der Waals surface area contributed by atoms with Crippen molar-refractivity contribution in [3.63, 3.8) is 0 Å². The number of ether oxygens (including phenoxy) is 2. The first-order chi connectivity index (χ1) is 13.7. The smallest absolute Gasteiger partial charge is 0.271 e. The number of hydrogen-bond acceptors (Lipinski definition) is 5. The molecule has 0 aliphatic rings. The molecule has 3 aromatic rings. The minimum Gasteiger partial charge on any atom is -0.490 e. The lowest BCUT2D eigenvalue weighted by Gasteiger charge is -2.12. The average molecular weight is 394 g/mol. The molecular formula is C22H22N2O3S. The van der Waals surface area contributed by atoms with Crippen LogP contribution in [0.3, 0.4) is 0 Å². The standard InChI is InChI=1S/C22H22N2O3S/c1-3-26-21-13-17(8-11-20(21)27-15-19-5-4-12-28-19)14-23-24-22(25)18-9-6-16(2)7-10-18/h4-14H,3,15H2,1-2H3,(H,24,25)/b23-14-. The zero-order valence-electron chi connectivity index (χ0n) is 15.8. The number of carbonyl (C=O) groups is 1. The Hall–Kier alpha value is -3.12. The van der Waals surface area contributed by atoms with Gasteiger partial charge in [0.2, 0.25) is 0 Å². The maximum Gasteiger partial charge on any atom is 0.271 e. The third-order valence-corrected chi connectivity index (χ3v) is 4.76. The normalized spacial score (nSPS) is 10.8. The Morgan fingerprint density at radius 3 is 2.64 bits per heavy atom. The number of aryl methyl sites for hydroxylation is 1. The first-order valence-corrected chi connectivity index (χ1v) is 9.86. The van der Waals surface area contributed by atoms with Crippen molar-refractivity contribution in [2.75, 3.05) is 6.61 Å². The molecule has 3 rings (SSSR count). The molecule has 5 nitrogen and oxygen atoms in total. The maximum atomic E-state index is 12.1. The number of thiophene rings is 1. The Kier molecular flexibility index (Phi) is 6.81. The van der Waals surface area contributed by atoms with Crippen LogP contribution >= 0.6 is 11.3 Å². The van der Waals surface area contributed by atoms with Gasteiger partial charge in [0, 0.05) is 10.4 Å². The van der Waals surface area contributed by atoms with Crippen molar-refractivity contribution < 1.29 is 14.3 Å². The molecule has 0 atom stereocenters. The van der Waals surface area contributed by atoms with Gasteiger partial charge in [-0.3, -0.25) is 4.79 Å². The molecule has 0 saturated carbocycles. The number of amides is 1. The van der Waals surface area contributed by atoms with Gasteiger partial charge in [-0.05, 0) is 61.2 Å². The first-order valence-electron chi connectivity index (χ1n) is 8.98. The predicted octanol–water partition coefficient (Wildman–Crippen LogP) is 4.80. The van der Waals surface area contributed by atoms with Crippen molar-refractivity contribution >= 4 is 23.5 Å². The lowest BCUT2D eigenvalue weighted by molar-refractivity contribution is 0.0955. The number of benzene rings is 2. The van der Waals surface area contributed by atoms with Gasteiger partial charge >= 0.3 is 0 Å². The second kappa shape index (κ2) is 9.71. The van der Waals surface area contributed by atoms with Crippen molar-refractivity contribution in [3.8, 4) is 11.5 Å². The lowest BCUT2D eigenvalue weighted by Crippen LogP contribution is -2.17. The Labute approximate surface area is 168 Å². The van der Waals surface area contributed by atoms with Gasteiger partial charge in [-0.2, -0.15) is 5.10 Å². The van der Waals surface area contributed by atoms with E-state index < -0.39 is 0 Å². The van der Waals surface area contributed by atoms with E-state index in [1.165, 1.54) is 0 Å². The molecule has 0 bridgehead atoms. The summed E-state index contributed by atoms with van der Waals surface area (Å²) in [7, 11) is 0. The number of hydrazone groups is 1. The fraction of sp³-hybridized carbons (Fsp3) is 0.182. The molecule has 0 aliphatic heterocycles. The number of carbonyl (C=O) groups excluding carboxylic acids is 1. The summed E-state index contributed by atoms with van der Waals surface area (Å²) >= 11 is 1.65. The zero-order chi connectivity index (χ0) is 19.8. The summed E-state index contributed by atoms with van der Waals surface area (Å²) < 4.78 is 11.6. The van der Waals surface area contributed by atoms with E-state index in [-0.39, 0.29) is 5.91 Å². The summed E-state index contributed by atoms with van der Waals surface area (Å²) in [6.07, 6.45) is 1.58. The molecule has 1 heterocycles. The van der Waals surface area contributed by atoms with Gasteiger partial charge in [-0.25, -0.2) is 5.43 Å². The molecule has 1 aromatic heterocycles. The molecule has 0 unspecified atom stereocenters. The van der Waals surface area contributed by atoms with Gasteiger partial charge < -0.3 is 9.47 Å². The summed E-state index contributed by atoms with van der Waals surface area (Å²) in [4.78, 5) is 13.2. The second-order valence-corrected chi connectivity index (χ2v) is 7.10. The van der Waals surface area contributed by atoms with Crippen LogP contribution in [0.15, 0.2) is 65.1 Å². The van der Waals surface area contributed by atoms with E-state index in [1.54, 1.807) is 29.7 Å². The van der Waals surface area contributed by atoms with Crippen LogP contribution in [0.2, 0.25) is 0 Å². The van der Waals surface area contributed by atoms with Crippen LogP contribution < -0.4 is 14.9 Å². The molecule has 0 spiro atoms. The third kappa shape index (κ3) is 5.44. The largest absolute Gasteiger partial charge is 0.490 e. The van der Waals surface area contributed by atoms with Crippen LogP contribution in [0.25, 0.3) is 0 Å².